The van der Waals surface area contributed by atoms with E-state index in [-0.39, 0.29) is 0 Å². The Kier molecular flexibility index (Phi) is 2.23. The number of benzene rings is 1. The molecule has 0 amide bonds. The van der Waals surface area contributed by atoms with Gasteiger partial charge >= 0.3 is 0 Å². The summed E-state index contributed by atoms with van der Waals surface area (Å²) in [5, 5.41) is 0.301. The summed E-state index contributed by atoms with van der Waals surface area (Å²) in [5.41, 5.74) is 1.05. The van der Waals surface area contributed by atoms with Crippen molar-refractivity contribution in [2.75, 3.05) is 0 Å². The van der Waals surface area contributed by atoms with Crippen LogP contribution in [0.1, 0.15) is 5.56 Å². The van der Waals surface area contributed by atoms with Crippen molar-refractivity contribution in [3.63, 3.8) is 0 Å². The molecule has 0 N–H and O–H groups in total. The smallest absolute Gasteiger partial charge is 0.261 e. The van der Waals surface area contributed by atoms with Crippen LogP contribution in [-0.4, -0.2) is 0 Å². The first-order valence-corrected chi connectivity index (χ1v) is 4.25. The average Bonchev–Trinajstić information content (AvgIpc) is 1.88. The van der Waals surface area contributed by atoms with Gasteiger partial charge in [0, 0.05) is 5.30 Å². The van der Waals surface area contributed by atoms with E-state index in [1.165, 1.54) is 0 Å². The third-order valence-electron chi connectivity index (χ3n) is 1.28. The molecule has 1 aromatic rings. The van der Waals surface area contributed by atoms with E-state index in [2.05, 4.69) is 0 Å². The quantitative estimate of drug-likeness (QED) is 0.572. The molecule has 0 bridgehead atoms. The van der Waals surface area contributed by atoms with Gasteiger partial charge in [0.1, 0.15) is 0 Å². The Morgan fingerprint density at radius 2 is 1.80 bits per heavy atom. The van der Waals surface area contributed by atoms with E-state index >= 15 is 0 Å². The summed E-state index contributed by atoms with van der Waals surface area (Å²) in [4.78, 5) is 0. The number of rotatable bonds is 1. The SMILES string of the molecule is Cc1ccc([PH](=O)F)cc1. The van der Waals surface area contributed by atoms with Gasteiger partial charge in [-0.05, 0) is 19.1 Å². The van der Waals surface area contributed by atoms with E-state index < -0.39 is 8.11 Å². The van der Waals surface area contributed by atoms with Crippen molar-refractivity contribution < 1.29 is 8.76 Å². The molecule has 0 aliphatic carbocycles. The second-order valence-corrected chi connectivity index (χ2v) is 3.26. The van der Waals surface area contributed by atoms with E-state index in [9.17, 15) is 8.76 Å². The van der Waals surface area contributed by atoms with E-state index in [1.54, 1.807) is 24.3 Å². The standard InChI is InChI=1S/C7H8FOP/c1-6-2-4-7(5-3-6)10(8)9/h2-5,10H,1H3. The van der Waals surface area contributed by atoms with Gasteiger partial charge in [0.15, 0.2) is 0 Å². The van der Waals surface area contributed by atoms with Gasteiger partial charge in [-0.2, -0.15) is 4.20 Å². The summed E-state index contributed by atoms with van der Waals surface area (Å²) in [6.45, 7) is 1.90. The van der Waals surface area contributed by atoms with Crippen LogP contribution in [0.5, 0.6) is 0 Å². The molecule has 0 saturated carbocycles. The normalized spacial score (nSPS) is 13.0. The van der Waals surface area contributed by atoms with E-state index in [0.717, 1.165) is 5.56 Å². The Labute approximate surface area is 59.8 Å². The maximum atomic E-state index is 12.1. The lowest BCUT2D eigenvalue weighted by Gasteiger charge is -1.92. The highest BCUT2D eigenvalue weighted by molar-refractivity contribution is 7.47. The van der Waals surface area contributed by atoms with Crippen molar-refractivity contribution in [2.24, 2.45) is 0 Å². The molecular weight excluding hydrogens is 150 g/mol. The highest BCUT2D eigenvalue weighted by atomic mass is 31.1. The lowest BCUT2D eigenvalue weighted by molar-refractivity contribution is 0.567. The monoisotopic (exact) mass is 158 g/mol. The third-order valence-corrected chi connectivity index (χ3v) is 2.07. The summed E-state index contributed by atoms with van der Waals surface area (Å²) in [7, 11) is -2.98. The van der Waals surface area contributed by atoms with Gasteiger partial charge in [0.05, 0.1) is 0 Å². The molecule has 1 atom stereocenters. The summed E-state index contributed by atoms with van der Waals surface area (Å²) in [5.74, 6) is 0. The fourth-order valence-electron chi connectivity index (χ4n) is 0.685. The maximum Gasteiger partial charge on any atom is 0.261 e. The van der Waals surface area contributed by atoms with Crippen LogP contribution in [0.15, 0.2) is 24.3 Å². The van der Waals surface area contributed by atoms with Gasteiger partial charge in [0.25, 0.3) is 8.11 Å². The Hall–Kier alpha value is -0.620. The Morgan fingerprint density at radius 1 is 1.30 bits per heavy atom. The number of hydrogen-bond donors (Lipinski definition) is 0. The van der Waals surface area contributed by atoms with Crippen LogP contribution in [0.25, 0.3) is 0 Å². The summed E-state index contributed by atoms with van der Waals surface area (Å²) < 4.78 is 22.4. The van der Waals surface area contributed by atoms with Gasteiger partial charge in [-0.1, -0.05) is 17.7 Å². The molecule has 1 nitrogen and oxygen atoms in total. The Bertz CT molecular complexity index is 242. The van der Waals surface area contributed by atoms with Crippen molar-refractivity contribution in [2.45, 2.75) is 6.92 Å². The van der Waals surface area contributed by atoms with Crippen LogP contribution in [0, 0.1) is 6.92 Å². The molecular formula is C7H8FOP. The lowest BCUT2D eigenvalue weighted by atomic mass is 10.2. The molecule has 0 radical (unpaired) electrons. The number of hydrogen-bond acceptors (Lipinski definition) is 1. The van der Waals surface area contributed by atoms with Gasteiger partial charge in [0.2, 0.25) is 0 Å². The molecule has 0 aliphatic heterocycles. The molecule has 3 heteroatoms. The first-order valence-electron chi connectivity index (χ1n) is 2.96. The molecule has 0 fully saturated rings. The van der Waals surface area contributed by atoms with Crippen molar-refractivity contribution in [3.8, 4) is 0 Å². The molecule has 0 saturated heterocycles. The van der Waals surface area contributed by atoms with Gasteiger partial charge < -0.3 is 0 Å². The van der Waals surface area contributed by atoms with Gasteiger partial charge in [-0.15, -0.1) is 0 Å². The molecule has 0 heterocycles. The molecule has 1 aromatic carbocycles. The highest BCUT2D eigenvalue weighted by Crippen LogP contribution is 2.19. The maximum absolute atomic E-state index is 12.1. The van der Waals surface area contributed by atoms with Crippen LogP contribution in [0.4, 0.5) is 4.20 Å². The summed E-state index contributed by atoms with van der Waals surface area (Å²) in [6.07, 6.45) is 0. The van der Waals surface area contributed by atoms with Crippen molar-refractivity contribution in [1.29, 1.82) is 0 Å². The molecule has 0 aliphatic rings. The zero-order valence-electron chi connectivity index (χ0n) is 5.60. The van der Waals surface area contributed by atoms with Crippen molar-refractivity contribution in [1.82, 2.24) is 0 Å². The minimum atomic E-state index is -2.98. The van der Waals surface area contributed by atoms with Gasteiger partial charge in [-0.3, -0.25) is 4.57 Å². The molecule has 1 rings (SSSR count). The van der Waals surface area contributed by atoms with Gasteiger partial charge in [-0.25, -0.2) is 0 Å². The van der Waals surface area contributed by atoms with Crippen LogP contribution in [0.2, 0.25) is 0 Å². The molecule has 0 aromatic heterocycles. The first kappa shape index (κ1) is 7.49. The zero-order chi connectivity index (χ0) is 7.56. The fourth-order valence-corrected chi connectivity index (χ4v) is 1.11. The summed E-state index contributed by atoms with van der Waals surface area (Å²) >= 11 is 0. The Morgan fingerprint density at radius 3 is 2.20 bits per heavy atom. The minimum Gasteiger partial charge on any atom is -0.286 e. The number of aryl methyl sites for hydroxylation is 1. The highest BCUT2D eigenvalue weighted by Gasteiger charge is 1.97. The largest absolute Gasteiger partial charge is 0.286 e. The van der Waals surface area contributed by atoms with E-state index in [0.29, 0.717) is 5.30 Å². The molecule has 10 heavy (non-hydrogen) atoms. The lowest BCUT2D eigenvalue weighted by Crippen LogP contribution is -1.91. The predicted molar refractivity (Wildman–Crippen MR) is 40.9 cm³/mol. The van der Waals surface area contributed by atoms with Crippen LogP contribution in [0.3, 0.4) is 0 Å². The molecule has 0 spiro atoms. The minimum absolute atomic E-state index is 0.301. The zero-order valence-corrected chi connectivity index (χ0v) is 6.60. The van der Waals surface area contributed by atoms with E-state index in [4.69, 9.17) is 0 Å². The van der Waals surface area contributed by atoms with Crippen LogP contribution >= 0.6 is 8.11 Å². The first-order chi connectivity index (χ1) is 4.70. The Balaban J connectivity index is 3.00. The van der Waals surface area contributed by atoms with Crippen molar-refractivity contribution >= 4 is 13.4 Å². The molecule has 54 valence electrons. The second kappa shape index (κ2) is 2.98. The topological polar surface area (TPSA) is 17.1 Å². The van der Waals surface area contributed by atoms with Crippen LogP contribution in [-0.2, 0) is 4.57 Å². The number of halogens is 1. The third kappa shape index (κ3) is 1.68. The average molecular weight is 158 g/mol. The van der Waals surface area contributed by atoms with Crippen molar-refractivity contribution in [3.05, 3.63) is 29.8 Å². The van der Waals surface area contributed by atoms with Crippen LogP contribution < -0.4 is 5.30 Å². The molecule has 1 unspecified atom stereocenters. The second-order valence-electron chi connectivity index (χ2n) is 2.14. The fraction of sp³-hybridized carbons (Fsp3) is 0.143. The predicted octanol–water partition coefficient (Wildman–Crippen LogP) is 2.06. The summed E-state index contributed by atoms with van der Waals surface area (Å²) in [6, 6.07) is 6.60. The van der Waals surface area contributed by atoms with E-state index in [1.807, 2.05) is 6.92 Å².